The number of aryl methyl sites for hydroxylation is 2. The monoisotopic (exact) mass is 466 g/mol. The van der Waals surface area contributed by atoms with E-state index >= 15 is 0 Å². The van der Waals surface area contributed by atoms with Gasteiger partial charge < -0.3 is 25.1 Å². The maximum Gasteiger partial charge on any atom is 0.405 e. The number of fused-ring (bicyclic) bond motifs is 2. The Hall–Kier alpha value is -4.21. The number of nitrogens with zero attached hydrogens (tertiary/aromatic N) is 2. The molecule has 3 N–H and O–H groups in total. The molecule has 0 spiro atoms. The van der Waals surface area contributed by atoms with Crippen LogP contribution in [0.4, 0.5) is 15.0 Å². The first-order valence-corrected chi connectivity index (χ1v) is 10.6. The molecule has 1 atom stereocenters. The van der Waals surface area contributed by atoms with Crippen molar-refractivity contribution in [1.82, 2.24) is 15.2 Å². The first-order chi connectivity index (χ1) is 16.2. The molecular weight excluding hydrogens is 443 g/mol. The van der Waals surface area contributed by atoms with Crippen LogP contribution in [0.25, 0.3) is 17.0 Å². The number of hydrogen-bond acceptors (Lipinski definition) is 5. The molecule has 0 aliphatic carbocycles. The number of likely N-dealkylation sites (N-methyl/N-ethyl adjacent to an activating group) is 1. The number of carboxylic acid groups (broad SMARTS) is 1. The summed E-state index contributed by atoms with van der Waals surface area (Å²) in [5.41, 5.74) is 2.49. The van der Waals surface area contributed by atoms with Crippen LogP contribution in [0.1, 0.15) is 28.9 Å². The molecule has 1 aromatic carbocycles. The lowest BCUT2D eigenvalue weighted by Gasteiger charge is -2.14. The van der Waals surface area contributed by atoms with E-state index in [4.69, 9.17) is 9.52 Å². The second kappa shape index (κ2) is 9.34. The van der Waals surface area contributed by atoms with Crippen molar-refractivity contribution in [2.45, 2.75) is 32.4 Å². The van der Waals surface area contributed by atoms with Gasteiger partial charge >= 0.3 is 6.09 Å². The average Bonchev–Trinajstić information content (AvgIpc) is 3.02. The van der Waals surface area contributed by atoms with Crippen molar-refractivity contribution < 1.29 is 28.3 Å². The molecule has 0 bridgehead atoms. The maximum atomic E-state index is 14.1. The van der Waals surface area contributed by atoms with Gasteiger partial charge in [0.05, 0.1) is 11.9 Å². The zero-order chi connectivity index (χ0) is 24.4. The number of furan rings is 1. The lowest BCUT2D eigenvalue weighted by molar-refractivity contribution is -0.125. The van der Waals surface area contributed by atoms with Crippen molar-refractivity contribution in [2.75, 3.05) is 12.4 Å². The number of benzene rings is 1. The summed E-state index contributed by atoms with van der Waals surface area (Å²) >= 11 is 0. The van der Waals surface area contributed by atoms with E-state index in [9.17, 15) is 18.8 Å². The van der Waals surface area contributed by atoms with Crippen molar-refractivity contribution in [3.05, 3.63) is 64.8 Å². The molecule has 9 nitrogen and oxygen atoms in total. The third-order valence-corrected chi connectivity index (χ3v) is 5.72. The van der Waals surface area contributed by atoms with Gasteiger partial charge in [0.15, 0.2) is 0 Å². The highest BCUT2D eigenvalue weighted by molar-refractivity contribution is 5.97. The second-order valence-electron chi connectivity index (χ2n) is 8.10. The minimum Gasteiger partial charge on any atom is -0.465 e. The fraction of sp³-hybridized carbons (Fsp3) is 0.250. The maximum absolute atomic E-state index is 14.1. The molecule has 2 aromatic heterocycles. The van der Waals surface area contributed by atoms with Crippen LogP contribution in [-0.4, -0.2) is 46.0 Å². The molecule has 1 unspecified atom stereocenters. The molecule has 3 amide bonds. The topological polar surface area (TPSA) is 125 Å². The Morgan fingerprint density at radius 3 is 2.94 bits per heavy atom. The normalized spacial score (nSPS) is 15.6. The number of hydrogen-bond donors (Lipinski definition) is 3. The summed E-state index contributed by atoms with van der Waals surface area (Å²) in [6.45, 7) is 1.94. The van der Waals surface area contributed by atoms with Gasteiger partial charge in [-0.15, -0.1) is 0 Å². The highest BCUT2D eigenvalue weighted by Gasteiger charge is 2.25. The van der Waals surface area contributed by atoms with Gasteiger partial charge in [0.1, 0.15) is 29.0 Å². The third kappa shape index (κ3) is 4.75. The van der Waals surface area contributed by atoms with Crippen molar-refractivity contribution in [3.63, 3.8) is 0 Å². The van der Waals surface area contributed by atoms with Gasteiger partial charge in [0.2, 0.25) is 11.8 Å². The highest BCUT2D eigenvalue weighted by Crippen LogP contribution is 2.28. The molecule has 1 aliphatic rings. The average molecular weight is 466 g/mol. The molecule has 0 radical (unpaired) electrons. The Bertz CT molecular complexity index is 1320. The first kappa shape index (κ1) is 23.0. The van der Waals surface area contributed by atoms with Crippen LogP contribution >= 0.6 is 0 Å². The van der Waals surface area contributed by atoms with E-state index in [1.165, 1.54) is 23.2 Å². The molecule has 34 heavy (non-hydrogen) atoms. The summed E-state index contributed by atoms with van der Waals surface area (Å²) in [4.78, 5) is 41.4. The second-order valence-corrected chi connectivity index (χ2v) is 8.10. The Balaban J connectivity index is 1.44. The minimum absolute atomic E-state index is 0.176. The van der Waals surface area contributed by atoms with Crippen molar-refractivity contribution in [1.29, 1.82) is 0 Å². The molecule has 4 rings (SSSR count). The predicted molar refractivity (Wildman–Crippen MR) is 123 cm³/mol. The van der Waals surface area contributed by atoms with Crippen LogP contribution in [0.15, 0.2) is 41.0 Å². The number of carbonyl (C=O) groups excluding carboxylic acids is 2. The van der Waals surface area contributed by atoms with Crippen molar-refractivity contribution in [2.24, 2.45) is 0 Å². The fourth-order valence-corrected chi connectivity index (χ4v) is 3.89. The summed E-state index contributed by atoms with van der Waals surface area (Å²) in [6.07, 6.45) is 3.97. The number of anilines is 1. The number of amides is 3. The van der Waals surface area contributed by atoms with Crippen molar-refractivity contribution in [3.8, 4) is 0 Å². The van der Waals surface area contributed by atoms with Gasteiger partial charge in [-0.25, -0.2) is 14.2 Å². The van der Waals surface area contributed by atoms with E-state index in [0.29, 0.717) is 46.5 Å². The number of halogens is 1. The number of nitrogens with one attached hydrogen (secondary N) is 2. The fourth-order valence-electron chi connectivity index (χ4n) is 3.89. The standard InChI is InChI=1S/C24H23FN4O5/c1-13-19(34-18-5-3-4-16(25)21(13)18)12-29(2)20(30)9-6-14-10-15-7-8-17(27-24(32)33)23(31)28-22(15)26-11-14/h3-6,9-11,17,27H,7-8,12H2,1-2H3,(H,32,33)(H,26,28,31). The zero-order valence-corrected chi connectivity index (χ0v) is 18.6. The number of carbonyl (C=O) groups is 3. The van der Waals surface area contributed by atoms with Gasteiger partial charge in [0, 0.05) is 24.9 Å². The lowest BCUT2D eigenvalue weighted by Crippen LogP contribution is -2.42. The lowest BCUT2D eigenvalue weighted by atomic mass is 10.1. The van der Waals surface area contributed by atoms with Crippen LogP contribution in [0.2, 0.25) is 0 Å². The third-order valence-electron chi connectivity index (χ3n) is 5.72. The SMILES string of the molecule is Cc1c(CN(C)C(=O)C=Cc2cnc3c(c2)CCC(NC(=O)O)C(=O)N3)oc2cccc(F)c12. The molecule has 1 aliphatic heterocycles. The first-order valence-electron chi connectivity index (χ1n) is 10.6. The molecule has 10 heteroatoms. The highest BCUT2D eigenvalue weighted by atomic mass is 19.1. The van der Waals surface area contributed by atoms with E-state index in [1.807, 2.05) is 0 Å². The summed E-state index contributed by atoms with van der Waals surface area (Å²) in [5.74, 6) is -0.233. The van der Waals surface area contributed by atoms with E-state index in [0.717, 1.165) is 5.56 Å². The van der Waals surface area contributed by atoms with E-state index in [-0.39, 0.29) is 18.3 Å². The summed E-state index contributed by atoms with van der Waals surface area (Å²) in [6, 6.07) is 5.56. The minimum atomic E-state index is -1.27. The van der Waals surface area contributed by atoms with E-state index in [1.54, 1.807) is 38.2 Å². The largest absolute Gasteiger partial charge is 0.465 e. The molecule has 3 heterocycles. The Morgan fingerprint density at radius 1 is 1.41 bits per heavy atom. The summed E-state index contributed by atoms with van der Waals surface area (Å²) in [5, 5.41) is 14.1. The van der Waals surface area contributed by atoms with Gasteiger partial charge in [-0.05, 0) is 55.2 Å². The number of pyridine rings is 1. The predicted octanol–water partition coefficient (Wildman–Crippen LogP) is 3.47. The molecule has 3 aromatic rings. The van der Waals surface area contributed by atoms with Crippen LogP contribution in [0, 0.1) is 12.7 Å². The molecule has 0 saturated heterocycles. The Morgan fingerprint density at radius 2 is 2.21 bits per heavy atom. The van der Waals surface area contributed by atoms with Crippen LogP contribution in [0.5, 0.6) is 0 Å². The van der Waals surface area contributed by atoms with Crippen LogP contribution in [0.3, 0.4) is 0 Å². The summed E-state index contributed by atoms with van der Waals surface area (Å²) < 4.78 is 19.8. The number of rotatable bonds is 5. The smallest absolute Gasteiger partial charge is 0.405 e. The molecular formula is C24H23FN4O5. The number of aromatic nitrogens is 1. The van der Waals surface area contributed by atoms with Gasteiger partial charge in [-0.2, -0.15) is 0 Å². The van der Waals surface area contributed by atoms with Crippen LogP contribution < -0.4 is 10.6 Å². The zero-order valence-electron chi connectivity index (χ0n) is 18.6. The molecule has 176 valence electrons. The quantitative estimate of drug-likeness (QED) is 0.495. The molecule has 0 saturated carbocycles. The van der Waals surface area contributed by atoms with E-state index < -0.39 is 18.0 Å². The van der Waals surface area contributed by atoms with E-state index in [2.05, 4.69) is 15.6 Å². The van der Waals surface area contributed by atoms with Gasteiger partial charge in [0.25, 0.3) is 0 Å². The van der Waals surface area contributed by atoms with Gasteiger partial charge in [-0.3, -0.25) is 9.59 Å². The Kier molecular flexibility index (Phi) is 6.31. The molecule has 0 fully saturated rings. The van der Waals surface area contributed by atoms with Gasteiger partial charge in [-0.1, -0.05) is 6.07 Å². The van der Waals surface area contributed by atoms with Crippen LogP contribution in [-0.2, 0) is 22.6 Å². The Labute approximate surface area is 194 Å². The summed E-state index contributed by atoms with van der Waals surface area (Å²) in [7, 11) is 1.62. The van der Waals surface area contributed by atoms with Crippen molar-refractivity contribution >= 4 is 40.8 Å².